The van der Waals surface area contributed by atoms with Crippen molar-refractivity contribution in [1.82, 2.24) is 0 Å². The summed E-state index contributed by atoms with van der Waals surface area (Å²) in [6, 6.07) is 21.5. The quantitative estimate of drug-likeness (QED) is 0.358. The number of nitrogens with zero attached hydrogens (tertiary/aromatic N) is 1. The number of para-hydroxylation sites is 1. The number of anilines is 1. The summed E-state index contributed by atoms with van der Waals surface area (Å²) in [4.78, 5) is 43.3. The van der Waals surface area contributed by atoms with Crippen molar-refractivity contribution >= 4 is 29.5 Å². The third-order valence-electron chi connectivity index (χ3n) is 6.88. The minimum atomic E-state index is -2.00. The minimum absolute atomic E-state index is 0.117. The molecular formula is C31H27NO6. The molecule has 0 spiro atoms. The molecule has 7 heteroatoms. The zero-order valence-electron chi connectivity index (χ0n) is 21.6. The molecule has 192 valence electrons. The molecule has 5 rings (SSSR count). The summed E-state index contributed by atoms with van der Waals surface area (Å²) in [6.45, 7) is 3.83. The first-order chi connectivity index (χ1) is 18.3. The van der Waals surface area contributed by atoms with Crippen molar-refractivity contribution < 1.29 is 28.6 Å². The van der Waals surface area contributed by atoms with E-state index < -0.39 is 29.6 Å². The van der Waals surface area contributed by atoms with Crippen molar-refractivity contribution in [2.24, 2.45) is 0 Å². The molecule has 0 radical (unpaired) electrons. The van der Waals surface area contributed by atoms with E-state index in [9.17, 15) is 14.4 Å². The lowest BCUT2D eigenvalue weighted by molar-refractivity contribution is -0.145. The molecule has 0 aromatic heterocycles. The lowest BCUT2D eigenvalue weighted by Gasteiger charge is -2.48. The third kappa shape index (κ3) is 3.92. The number of carbonyl (C=O) groups is 3. The van der Waals surface area contributed by atoms with Gasteiger partial charge in [0.1, 0.15) is 11.3 Å². The van der Waals surface area contributed by atoms with Crippen LogP contribution in [0.1, 0.15) is 32.6 Å². The fourth-order valence-electron chi connectivity index (χ4n) is 4.97. The maximum Gasteiger partial charge on any atom is 0.355 e. The molecule has 0 fully saturated rings. The third-order valence-corrected chi connectivity index (χ3v) is 6.88. The van der Waals surface area contributed by atoms with E-state index >= 15 is 0 Å². The number of methoxy groups -OCH3 is 2. The maximum atomic E-state index is 14.6. The number of ether oxygens (including phenoxy) is 3. The van der Waals surface area contributed by atoms with Crippen LogP contribution in [0.2, 0.25) is 0 Å². The van der Waals surface area contributed by atoms with E-state index in [1.54, 1.807) is 35.2 Å². The molecule has 2 aliphatic rings. The number of ketones is 1. The van der Waals surface area contributed by atoms with Crippen LogP contribution < -0.4 is 4.90 Å². The van der Waals surface area contributed by atoms with Crippen molar-refractivity contribution in [2.75, 3.05) is 19.1 Å². The van der Waals surface area contributed by atoms with Crippen LogP contribution in [0.15, 0.2) is 90.1 Å². The number of rotatable bonds is 5. The molecule has 3 aromatic rings. The van der Waals surface area contributed by atoms with Gasteiger partial charge in [0.05, 0.1) is 19.9 Å². The van der Waals surface area contributed by atoms with E-state index in [1.807, 2.05) is 68.5 Å². The highest BCUT2D eigenvalue weighted by molar-refractivity contribution is 6.15. The first kappa shape index (κ1) is 25.2. The fraction of sp³-hybridized carbons (Fsp3) is 0.194. The average Bonchev–Trinajstić information content (AvgIpc) is 2.95. The standard InChI is InChI=1S/C31H27NO6/c1-19-9-13-22(14-10-19)28(33)31(23-16-11-20(2)12-17-23)26(29(34)36-3)27(30(35)37-4)32-24-8-6-5-7-21(24)15-18-25(32)38-31/h5-18,25H,1-4H3. The van der Waals surface area contributed by atoms with Gasteiger partial charge in [0.25, 0.3) is 0 Å². The zero-order chi connectivity index (χ0) is 27.0. The maximum absolute atomic E-state index is 14.6. The van der Waals surface area contributed by atoms with Gasteiger partial charge >= 0.3 is 11.9 Å². The number of carbonyl (C=O) groups excluding carboxylic acids is 3. The Morgan fingerprint density at radius 2 is 1.42 bits per heavy atom. The lowest BCUT2D eigenvalue weighted by atomic mass is 9.76. The smallest absolute Gasteiger partial charge is 0.355 e. The van der Waals surface area contributed by atoms with Gasteiger partial charge in [-0.3, -0.25) is 4.79 Å². The number of benzene rings is 3. The second-order valence-electron chi connectivity index (χ2n) is 9.25. The molecular weight excluding hydrogens is 482 g/mol. The minimum Gasteiger partial charge on any atom is -0.465 e. The van der Waals surface area contributed by atoms with Gasteiger partial charge in [-0.2, -0.15) is 0 Å². The molecule has 2 atom stereocenters. The molecule has 2 unspecified atom stereocenters. The van der Waals surface area contributed by atoms with Gasteiger partial charge < -0.3 is 19.1 Å². The Balaban J connectivity index is 1.90. The van der Waals surface area contributed by atoms with E-state index in [0.29, 0.717) is 16.8 Å². The number of Topliss-reactive ketones (excluding diaryl/α,β-unsaturated/α-hetero) is 1. The van der Waals surface area contributed by atoms with Crippen LogP contribution in [0.4, 0.5) is 5.69 Å². The highest BCUT2D eigenvalue weighted by atomic mass is 16.6. The van der Waals surface area contributed by atoms with Crippen LogP contribution in [0.5, 0.6) is 0 Å². The molecule has 0 saturated heterocycles. The summed E-state index contributed by atoms with van der Waals surface area (Å²) in [5.74, 6) is -2.18. The highest BCUT2D eigenvalue weighted by Gasteiger charge is 2.58. The predicted octanol–water partition coefficient (Wildman–Crippen LogP) is 4.87. The van der Waals surface area contributed by atoms with Crippen molar-refractivity contribution in [2.45, 2.75) is 25.7 Å². The van der Waals surface area contributed by atoms with E-state index in [1.165, 1.54) is 14.2 Å². The van der Waals surface area contributed by atoms with E-state index in [2.05, 4.69) is 0 Å². The van der Waals surface area contributed by atoms with Crippen LogP contribution in [-0.2, 0) is 29.4 Å². The first-order valence-corrected chi connectivity index (χ1v) is 12.2. The molecule has 3 aromatic carbocycles. The normalized spacial score (nSPS) is 19.9. The van der Waals surface area contributed by atoms with Crippen LogP contribution in [-0.4, -0.2) is 38.2 Å². The molecule has 0 amide bonds. The first-order valence-electron chi connectivity index (χ1n) is 12.2. The number of esters is 2. The number of hydrogen-bond donors (Lipinski definition) is 0. The molecule has 0 bridgehead atoms. The molecule has 0 aliphatic carbocycles. The largest absolute Gasteiger partial charge is 0.465 e. The van der Waals surface area contributed by atoms with E-state index in [-0.39, 0.29) is 11.3 Å². The van der Waals surface area contributed by atoms with Crippen molar-refractivity contribution in [1.29, 1.82) is 0 Å². The summed E-state index contributed by atoms with van der Waals surface area (Å²) in [5.41, 5.74) is 1.69. The van der Waals surface area contributed by atoms with Gasteiger partial charge in [0.15, 0.2) is 11.8 Å². The predicted molar refractivity (Wildman–Crippen MR) is 142 cm³/mol. The van der Waals surface area contributed by atoms with Crippen molar-refractivity contribution in [3.63, 3.8) is 0 Å². The Morgan fingerprint density at radius 3 is 2.05 bits per heavy atom. The van der Waals surface area contributed by atoms with E-state index in [0.717, 1.165) is 16.7 Å². The Bertz CT molecular complexity index is 1490. The molecule has 0 saturated carbocycles. The Labute approximate surface area is 220 Å². The monoisotopic (exact) mass is 509 g/mol. The van der Waals surface area contributed by atoms with Gasteiger partial charge in [0, 0.05) is 5.56 Å². The average molecular weight is 510 g/mol. The Kier molecular flexibility index (Phi) is 6.46. The highest BCUT2D eigenvalue weighted by Crippen LogP contribution is 2.48. The second kappa shape index (κ2) is 9.76. The summed E-state index contributed by atoms with van der Waals surface area (Å²) in [7, 11) is 2.44. The van der Waals surface area contributed by atoms with Gasteiger partial charge in [-0.1, -0.05) is 83.9 Å². The van der Waals surface area contributed by atoms with E-state index in [4.69, 9.17) is 14.2 Å². The molecule has 2 aliphatic heterocycles. The topological polar surface area (TPSA) is 82.1 Å². The van der Waals surface area contributed by atoms with Gasteiger partial charge in [-0.05, 0) is 37.1 Å². The van der Waals surface area contributed by atoms with Crippen LogP contribution in [0.25, 0.3) is 6.08 Å². The van der Waals surface area contributed by atoms with Crippen molar-refractivity contribution in [3.8, 4) is 0 Å². The van der Waals surface area contributed by atoms with Gasteiger partial charge in [0.2, 0.25) is 5.78 Å². The summed E-state index contributed by atoms with van der Waals surface area (Å²) in [6.07, 6.45) is 2.72. The number of hydrogen-bond acceptors (Lipinski definition) is 7. The molecule has 7 nitrogen and oxygen atoms in total. The Morgan fingerprint density at radius 1 is 0.816 bits per heavy atom. The number of aryl methyl sites for hydroxylation is 2. The van der Waals surface area contributed by atoms with Crippen LogP contribution in [0.3, 0.4) is 0 Å². The van der Waals surface area contributed by atoms with Crippen LogP contribution in [0, 0.1) is 13.8 Å². The summed E-state index contributed by atoms with van der Waals surface area (Å²) < 4.78 is 17.1. The van der Waals surface area contributed by atoms with Gasteiger partial charge in [-0.15, -0.1) is 0 Å². The SMILES string of the molecule is COC(=O)C1=C(C(=O)OC)C(C(=O)c2ccc(C)cc2)(c2ccc(C)cc2)OC2C=Cc3ccccc3N12. The van der Waals surface area contributed by atoms with Gasteiger partial charge in [-0.25, -0.2) is 9.59 Å². The second-order valence-corrected chi connectivity index (χ2v) is 9.25. The van der Waals surface area contributed by atoms with Crippen LogP contribution >= 0.6 is 0 Å². The molecule has 38 heavy (non-hydrogen) atoms. The summed E-state index contributed by atoms with van der Waals surface area (Å²) >= 11 is 0. The van der Waals surface area contributed by atoms with Crippen molar-refractivity contribution in [3.05, 3.63) is 118 Å². The number of fused-ring (bicyclic) bond motifs is 3. The lowest BCUT2D eigenvalue weighted by Crippen LogP contribution is -2.57. The molecule has 2 heterocycles. The Hall–Kier alpha value is -4.49. The zero-order valence-corrected chi connectivity index (χ0v) is 21.6. The molecule has 0 N–H and O–H groups in total. The fourth-order valence-corrected chi connectivity index (χ4v) is 4.97. The summed E-state index contributed by atoms with van der Waals surface area (Å²) in [5, 5.41) is 0.